The van der Waals surface area contributed by atoms with Crippen molar-refractivity contribution >= 4 is 17.4 Å². The van der Waals surface area contributed by atoms with Crippen molar-refractivity contribution in [1.82, 2.24) is 9.78 Å². The Hall–Kier alpha value is -1.52. The number of hydrogen-bond acceptors (Lipinski definition) is 3. The van der Waals surface area contributed by atoms with Crippen LogP contribution in [0, 0.1) is 0 Å². The van der Waals surface area contributed by atoms with Crippen LogP contribution in [-0.2, 0) is 18.3 Å². The van der Waals surface area contributed by atoms with Gasteiger partial charge in [-0.2, -0.15) is 5.10 Å². The summed E-state index contributed by atoms with van der Waals surface area (Å²) < 4.78 is 1.88. The molecule has 110 valence electrons. The molecule has 1 spiro atoms. The zero-order chi connectivity index (χ0) is 14.2. The Labute approximate surface area is 120 Å². The highest BCUT2D eigenvalue weighted by atomic mass is 16.2. The molecule has 1 aromatic heterocycles. The molecule has 2 aliphatic rings. The number of carbonyl (C=O) groups is 1. The number of nitrogens with zero attached hydrogens (tertiary/aromatic N) is 2. The summed E-state index contributed by atoms with van der Waals surface area (Å²) in [6.45, 7) is 2.13. The molecular formula is C15H24N4O. The fourth-order valence-corrected chi connectivity index (χ4v) is 3.47. The first-order valence-electron chi connectivity index (χ1n) is 7.82. The number of amides is 1. The van der Waals surface area contributed by atoms with E-state index in [1.807, 2.05) is 11.7 Å². The van der Waals surface area contributed by atoms with Crippen LogP contribution in [0.5, 0.6) is 0 Å². The minimum absolute atomic E-state index is 0.136. The molecule has 5 nitrogen and oxygen atoms in total. The number of aryl methyl sites for hydroxylation is 2. The van der Waals surface area contributed by atoms with E-state index in [9.17, 15) is 4.79 Å². The molecule has 0 bridgehead atoms. The number of rotatable bonds is 2. The lowest BCUT2D eigenvalue weighted by Gasteiger charge is -2.37. The molecule has 0 radical (unpaired) electrons. The maximum atomic E-state index is 12.6. The quantitative estimate of drug-likeness (QED) is 0.873. The number of anilines is 2. The molecule has 5 heteroatoms. The largest absolute Gasteiger partial charge is 0.354 e. The van der Waals surface area contributed by atoms with Gasteiger partial charge >= 0.3 is 0 Å². The third kappa shape index (κ3) is 2.09. The summed E-state index contributed by atoms with van der Waals surface area (Å²) in [6.07, 6.45) is 8.48. The fourth-order valence-electron chi connectivity index (χ4n) is 3.47. The molecule has 20 heavy (non-hydrogen) atoms. The average molecular weight is 276 g/mol. The number of nitrogens with one attached hydrogen (secondary N) is 2. The summed E-state index contributed by atoms with van der Waals surface area (Å²) in [4.78, 5) is 12.6. The monoisotopic (exact) mass is 276 g/mol. The average Bonchev–Trinajstić information content (AvgIpc) is 2.63. The van der Waals surface area contributed by atoms with Crippen molar-refractivity contribution in [3.8, 4) is 0 Å². The van der Waals surface area contributed by atoms with Gasteiger partial charge in [0.25, 0.3) is 0 Å². The predicted octanol–water partition coefficient (Wildman–Crippen LogP) is 2.83. The lowest BCUT2D eigenvalue weighted by atomic mass is 9.87. The van der Waals surface area contributed by atoms with E-state index in [1.54, 1.807) is 0 Å². The number of aromatic nitrogens is 2. The topological polar surface area (TPSA) is 59.0 Å². The lowest BCUT2D eigenvalue weighted by Crippen LogP contribution is -2.52. The van der Waals surface area contributed by atoms with E-state index in [4.69, 9.17) is 0 Å². The third-order valence-corrected chi connectivity index (χ3v) is 4.59. The van der Waals surface area contributed by atoms with Crippen molar-refractivity contribution in [3.63, 3.8) is 0 Å². The van der Waals surface area contributed by atoms with Gasteiger partial charge in [0.1, 0.15) is 17.0 Å². The summed E-state index contributed by atoms with van der Waals surface area (Å²) in [5.41, 5.74) is 1.48. The zero-order valence-electron chi connectivity index (χ0n) is 12.5. The van der Waals surface area contributed by atoms with Crippen LogP contribution in [0.3, 0.4) is 0 Å². The zero-order valence-corrected chi connectivity index (χ0v) is 12.5. The van der Waals surface area contributed by atoms with Gasteiger partial charge in [-0.3, -0.25) is 9.48 Å². The van der Waals surface area contributed by atoms with Crippen molar-refractivity contribution in [3.05, 3.63) is 5.69 Å². The minimum Gasteiger partial charge on any atom is -0.354 e. The van der Waals surface area contributed by atoms with Gasteiger partial charge in [-0.1, -0.05) is 39.0 Å². The summed E-state index contributed by atoms with van der Waals surface area (Å²) in [5, 5.41) is 11.2. The molecule has 2 N–H and O–H groups in total. The Balaban J connectivity index is 1.95. The van der Waals surface area contributed by atoms with Crippen molar-refractivity contribution in [2.24, 2.45) is 7.05 Å². The fraction of sp³-hybridized carbons (Fsp3) is 0.733. The van der Waals surface area contributed by atoms with E-state index < -0.39 is 5.54 Å². The van der Waals surface area contributed by atoms with Gasteiger partial charge in [0, 0.05) is 7.05 Å². The third-order valence-electron chi connectivity index (χ3n) is 4.59. The molecule has 0 atom stereocenters. The van der Waals surface area contributed by atoms with Crippen LogP contribution in [0.2, 0.25) is 0 Å². The Morgan fingerprint density at radius 1 is 1.25 bits per heavy atom. The molecule has 1 aliphatic heterocycles. The van der Waals surface area contributed by atoms with Gasteiger partial charge in [-0.25, -0.2) is 0 Å². The summed E-state index contributed by atoms with van der Waals surface area (Å²) in [5.74, 6) is 1.12. The first-order chi connectivity index (χ1) is 9.66. The Morgan fingerprint density at radius 2 is 1.95 bits per heavy atom. The maximum Gasteiger partial charge on any atom is 0.250 e. The number of hydrogen-bond donors (Lipinski definition) is 2. The Bertz CT molecular complexity index is 512. The summed E-state index contributed by atoms with van der Waals surface area (Å²) >= 11 is 0. The standard InChI is InChI=1S/C15H24N4O/c1-3-8-11-12-13(19(2)18-11)17-15(14(20)16-12)9-6-4-5-7-10-15/h17H,3-10H2,1-2H3,(H,16,20). The maximum absolute atomic E-state index is 12.6. The van der Waals surface area contributed by atoms with Gasteiger partial charge in [-0.15, -0.1) is 0 Å². The molecule has 2 heterocycles. The van der Waals surface area contributed by atoms with Crippen LogP contribution in [0.1, 0.15) is 57.6 Å². The predicted molar refractivity (Wildman–Crippen MR) is 79.9 cm³/mol. The second kappa shape index (κ2) is 5.11. The van der Waals surface area contributed by atoms with E-state index in [0.29, 0.717) is 0 Å². The molecule has 1 amide bonds. The highest BCUT2D eigenvalue weighted by Crippen LogP contribution is 2.39. The second-order valence-electron chi connectivity index (χ2n) is 6.12. The lowest BCUT2D eigenvalue weighted by molar-refractivity contribution is -0.121. The molecule has 0 saturated heterocycles. The molecular weight excluding hydrogens is 252 g/mol. The first-order valence-corrected chi connectivity index (χ1v) is 7.82. The van der Waals surface area contributed by atoms with Crippen LogP contribution in [0.15, 0.2) is 0 Å². The van der Waals surface area contributed by atoms with Crippen molar-refractivity contribution in [2.75, 3.05) is 10.6 Å². The molecule has 1 aliphatic carbocycles. The highest BCUT2D eigenvalue weighted by molar-refractivity contribution is 6.06. The molecule has 3 rings (SSSR count). The molecule has 1 saturated carbocycles. The second-order valence-corrected chi connectivity index (χ2v) is 6.12. The summed E-state index contributed by atoms with van der Waals surface area (Å²) in [7, 11) is 1.95. The van der Waals surface area contributed by atoms with Gasteiger partial charge in [0.15, 0.2) is 0 Å². The first kappa shape index (κ1) is 13.5. The number of fused-ring (bicyclic) bond motifs is 1. The number of carbonyl (C=O) groups excluding carboxylic acids is 1. The Kier molecular flexibility index (Phi) is 3.44. The normalized spacial score (nSPS) is 21.0. The van der Waals surface area contributed by atoms with Crippen LogP contribution in [0.4, 0.5) is 11.5 Å². The minimum atomic E-state index is -0.416. The highest BCUT2D eigenvalue weighted by Gasteiger charge is 2.43. The van der Waals surface area contributed by atoms with Gasteiger partial charge in [0.05, 0.1) is 5.69 Å². The van der Waals surface area contributed by atoms with E-state index in [-0.39, 0.29) is 5.91 Å². The van der Waals surface area contributed by atoms with E-state index in [0.717, 1.165) is 55.7 Å². The van der Waals surface area contributed by atoms with Crippen LogP contribution >= 0.6 is 0 Å². The van der Waals surface area contributed by atoms with Gasteiger partial charge < -0.3 is 10.6 Å². The van der Waals surface area contributed by atoms with E-state index >= 15 is 0 Å². The Morgan fingerprint density at radius 3 is 2.60 bits per heavy atom. The molecule has 1 fully saturated rings. The summed E-state index contributed by atoms with van der Waals surface area (Å²) in [6, 6.07) is 0. The van der Waals surface area contributed by atoms with Crippen molar-refractivity contribution in [2.45, 2.75) is 63.8 Å². The van der Waals surface area contributed by atoms with Crippen LogP contribution < -0.4 is 10.6 Å². The van der Waals surface area contributed by atoms with Gasteiger partial charge in [-0.05, 0) is 19.3 Å². The van der Waals surface area contributed by atoms with Gasteiger partial charge in [0.2, 0.25) is 5.91 Å². The van der Waals surface area contributed by atoms with E-state index in [1.165, 1.54) is 12.8 Å². The smallest absolute Gasteiger partial charge is 0.250 e. The molecule has 1 aromatic rings. The SMILES string of the molecule is CCCc1nn(C)c2c1NC(=O)C1(CCCCCC1)N2. The van der Waals surface area contributed by atoms with Crippen molar-refractivity contribution in [1.29, 1.82) is 0 Å². The molecule has 0 aromatic carbocycles. The van der Waals surface area contributed by atoms with Crippen molar-refractivity contribution < 1.29 is 4.79 Å². The van der Waals surface area contributed by atoms with Crippen LogP contribution in [-0.4, -0.2) is 21.2 Å². The van der Waals surface area contributed by atoms with Crippen LogP contribution in [0.25, 0.3) is 0 Å². The van der Waals surface area contributed by atoms with E-state index in [2.05, 4.69) is 22.7 Å². The molecule has 0 unspecified atom stereocenters.